The maximum absolute atomic E-state index is 10.3. The first kappa shape index (κ1) is 10.7. The summed E-state index contributed by atoms with van der Waals surface area (Å²) in [7, 11) is 1.68. The number of methoxy groups -OCH3 is 1. The second-order valence-corrected chi connectivity index (χ2v) is 1.10. The van der Waals surface area contributed by atoms with Crippen LogP contribution in [0.15, 0.2) is 0 Å². The molecule has 0 aliphatic carbocycles. The molecule has 0 aromatic carbocycles. The number of hydrogen-bond donors (Lipinski definition) is 0. The van der Waals surface area contributed by atoms with Crippen LogP contribution in [0.5, 0.6) is 0 Å². The van der Waals surface area contributed by atoms with Crippen LogP contribution >= 0.6 is 0 Å². The zero-order valence-electron chi connectivity index (χ0n) is 5.45. The number of alkyl halides is 2. The average molecular weight is 126 g/mol. The molecule has 0 aliphatic rings. The Morgan fingerprint density at radius 3 is 1.62 bits per heavy atom. The van der Waals surface area contributed by atoms with E-state index < -0.39 is 6.43 Å². The predicted octanol–water partition coefficient (Wildman–Crippen LogP) is 1.92. The van der Waals surface area contributed by atoms with E-state index in [-0.39, 0.29) is 0 Å². The Morgan fingerprint density at radius 1 is 1.50 bits per heavy atom. The van der Waals surface area contributed by atoms with Gasteiger partial charge in [-0.2, -0.15) is 0 Å². The molecule has 1 nitrogen and oxygen atoms in total. The van der Waals surface area contributed by atoms with Crippen LogP contribution in [-0.2, 0) is 4.74 Å². The van der Waals surface area contributed by atoms with Crippen molar-refractivity contribution in [3.63, 3.8) is 0 Å². The van der Waals surface area contributed by atoms with Crippen molar-refractivity contribution in [1.29, 1.82) is 0 Å². The van der Waals surface area contributed by atoms with Gasteiger partial charge < -0.3 is 4.74 Å². The second kappa shape index (κ2) is 9.94. The Balaban J connectivity index is 0. The fraction of sp³-hybridized carbons (Fsp3) is 1.00. The minimum Gasteiger partial charge on any atom is -0.385 e. The smallest absolute Gasteiger partial charge is 0.235 e. The van der Waals surface area contributed by atoms with Gasteiger partial charge in [0.25, 0.3) is 0 Å². The van der Waals surface area contributed by atoms with Crippen molar-refractivity contribution in [2.75, 3.05) is 13.7 Å². The van der Waals surface area contributed by atoms with Crippen LogP contribution in [0.4, 0.5) is 8.78 Å². The Labute approximate surface area is 48.6 Å². The molecule has 0 aliphatic heterocycles. The van der Waals surface area contributed by atoms with Gasteiger partial charge in [0.15, 0.2) is 0 Å². The van der Waals surface area contributed by atoms with E-state index in [0.29, 0.717) is 0 Å². The summed E-state index contributed by atoms with van der Waals surface area (Å²) in [6.07, 6.45) is -2.17. The van der Waals surface area contributed by atoms with Crippen molar-refractivity contribution < 1.29 is 13.5 Å². The van der Waals surface area contributed by atoms with Gasteiger partial charge in [-0.05, 0) is 13.8 Å². The monoisotopic (exact) mass is 126 g/mol. The second-order valence-electron chi connectivity index (χ2n) is 1.10. The molecule has 0 saturated heterocycles. The van der Waals surface area contributed by atoms with Crippen molar-refractivity contribution >= 4 is 0 Å². The molecule has 0 spiro atoms. The van der Waals surface area contributed by atoms with Crippen LogP contribution in [0.3, 0.4) is 0 Å². The summed E-state index contributed by atoms with van der Waals surface area (Å²) in [5, 5.41) is 0. The van der Waals surface area contributed by atoms with E-state index in [2.05, 4.69) is 4.74 Å². The van der Waals surface area contributed by atoms with Crippen molar-refractivity contribution in [2.24, 2.45) is 0 Å². The molecule has 0 fully saturated rings. The number of ether oxygens (including phenoxy) is 1. The quantitative estimate of drug-likeness (QED) is 0.521. The van der Waals surface area contributed by atoms with Crippen LogP contribution in [-0.4, -0.2) is 20.1 Å². The van der Waals surface area contributed by atoms with Gasteiger partial charge in [0, 0.05) is 13.7 Å². The number of hydrogen-bond acceptors (Lipinski definition) is 1. The minimum absolute atomic E-state index is 0.819. The van der Waals surface area contributed by atoms with E-state index in [1.807, 2.05) is 6.92 Å². The molecule has 0 heterocycles. The molecule has 0 bridgehead atoms. The highest BCUT2D eigenvalue weighted by atomic mass is 19.3. The van der Waals surface area contributed by atoms with Crippen LogP contribution in [0.2, 0.25) is 0 Å². The van der Waals surface area contributed by atoms with Crippen molar-refractivity contribution in [3.05, 3.63) is 0 Å². The summed E-state index contributed by atoms with van der Waals surface area (Å²) in [4.78, 5) is 0. The number of halogens is 2. The Bertz CT molecular complexity index is 26.9. The zero-order valence-corrected chi connectivity index (χ0v) is 5.45. The highest BCUT2D eigenvalue weighted by Crippen LogP contribution is 1.82. The van der Waals surface area contributed by atoms with Crippen LogP contribution in [0.1, 0.15) is 13.8 Å². The third-order valence-electron chi connectivity index (χ3n) is 0.289. The third kappa shape index (κ3) is 201. The molecule has 0 unspecified atom stereocenters. The molecule has 52 valence electrons. The van der Waals surface area contributed by atoms with E-state index in [1.165, 1.54) is 0 Å². The van der Waals surface area contributed by atoms with E-state index in [4.69, 9.17) is 0 Å². The van der Waals surface area contributed by atoms with Crippen LogP contribution in [0, 0.1) is 0 Å². The average Bonchev–Trinajstić information content (AvgIpc) is 1.65. The van der Waals surface area contributed by atoms with Gasteiger partial charge in [-0.3, -0.25) is 0 Å². The summed E-state index contributed by atoms with van der Waals surface area (Å²) in [6.45, 7) is 3.61. The third-order valence-corrected chi connectivity index (χ3v) is 0.289. The fourth-order valence-corrected chi connectivity index (χ4v) is 0. The largest absolute Gasteiger partial charge is 0.385 e. The Kier molecular flexibility index (Phi) is 13.3. The van der Waals surface area contributed by atoms with Crippen molar-refractivity contribution in [1.82, 2.24) is 0 Å². The van der Waals surface area contributed by atoms with Crippen molar-refractivity contribution in [3.8, 4) is 0 Å². The summed E-state index contributed by atoms with van der Waals surface area (Å²) >= 11 is 0. The normalized spacial score (nSPS) is 8.25. The summed E-state index contributed by atoms with van der Waals surface area (Å²) in [5.41, 5.74) is 0. The highest BCUT2D eigenvalue weighted by Gasteiger charge is 1.79. The molecule has 0 atom stereocenters. The molecular formula is C5H12F2O. The van der Waals surface area contributed by atoms with E-state index in [0.717, 1.165) is 13.5 Å². The molecule has 0 aromatic rings. The maximum atomic E-state index is 10.3. The Hall–Kier alpha value is -0.180. The summed E-state index contributed by atoms with van der Waals surface area (Å²) in [6, 6.07) is 0. The van der Waals surface area contributed by atoms with E-state index >= 15 is 0 Å². The fourth-order valence-electron chi connectivity index (χ4n) is 0. The SMILES string of the molecule is CC(F)F.CCOC. The van der Waals surface area contributed by atoms with Gasteiger partial charge in [-0.1, -0.05) is 0 Å². The van der Waals surface area contributed by atoms with Crippen LogP contribution in [0.25, 0.3) is 0 Å². The predicted molar refractivity (Wildman–Crippen MR) is 29.2 cm³/mol. The van der Waals surface area contributed by atoms with Gasteiger partial charge in [-0.15, -0.1) is 0 Å². The first-order chi connectivity index (χ1) is 3.65. The first-order valence-electron chi connectivity index (χ1n) is 2.42. The Morgan fingerprint density at radius 2 is 1.62 bits per heavy atom. The molecule has 0 radical (unpaired) electrons. The van der Waals surface area contributed by atoms with Gasteiger partial charge >= 0.3 is 0 Å². The van der Waals surface area contributed by atoms with Gasteiger partial charge in [0.2, 0.25) is 6.43 Å². The molecule has 3 heteroatoms. The minimum atomic E-state index is -2.17. The van der Waals surface area contributed by atoms with E-state index in [1.54, 1.807) is 7.11 Å². The lowest BCUT2D eigenvalue weighted by Crippen LogP contribution is -1.73. The molecule has 0 amide bonds. The topological polar surface area (TPSA) is 9.23 Å². The molecule has 0 saturated carbocycles. The molecular weight excluding hydrogens is 114 g/mol. The molecule has 8 heavy (non-hydrogen) atoms. The number of rotatable bonds is 1. The lowest BCUT2D eigenvalue weighted by atomic mass is 10.9. The molecule has 0 N–H and O–H groups in total. The first-order valence-corrected chi connectivity index (χ1v) is 2.42. The lowest BCUT2D eigenvalue weighted by Gasteiger charge is -1.76. The summed E-state index contributed by atoms with van der Waals surface area (Å²) < 4.78 is 25.2. The van der Waals surface area contributed by atoms with Crippen LogP contribution < -0.4 is 0 Å². The van der Waals surface area contributed by atoms with E-state index in [9.17, 15) is 8.78 Å². The summed E-state index contributed by atoms with van der Waals surface area (Å²) in [5.74, 6) is 0. The van der Waals surface area contributed by atoms with Gasteiger partial charge in [0.1, 0.15) is 0 Å². The lowest BCUT2D eigenvalue weighted by molar-refractivity contribution is 0.171. The standard InChI is InChI=1S/C3H8O.C2H4F2/c1-3-4-2;1-2(3)4/h3H2,1-2H3;2H,1H3. The highest BCUT2D eigenvalue weighted by molar-refractivity contribution is 4.06. The van der Waals surface area contributed by atoms with Crippen molar-refractivity contribution in [2.45, 2.75) is 20.3 Å². The molecule has 0 aromatic heterocycles. The zero-order chi connectivity index (χ0) is 6.99. The van der Waals surface area contributed by atoms with Gasteiger partial charge in [0.05, 0.1) is 0 Å². The maximum Gasteiger partial charge on any atom is 0.235 e. The molecule has 0 rings (SSSR count). The van der Waals surface area contributed by atoms with Gasteiger partial charge in [-0.25, -0.2) is 8.78 Å².